The molecule has 0 bridgehead atoms. The minimum Gasteiger partial charge on any atom is -0.370 e. The third-order valence-corrected chi connectivity index (χ3v) is 1.64. The van der Waals surface area contributed by atoms with Gasteiger partial charge in [0, 0.05) is 12.3 Å². The molecule has 2 nitrogen and oxygen atoms in total. The van der Waals surface area contributed by atoms with Gasteiger partial charge in [0.05, 0.1) is 6.20 Å². The second-order valence-corrected chi connectivity index (χ2v) is 2.61. The fourth-order valence-electron chi connectivity index (χ4n) is 1.01. The van der Waals surface area contributed by atoms with Crippen molar-refractivity contribution >= 4 is 0 Å². The molecule has 0 saturated heterocycles. The van der Waals surface area contributed by atoms with Crippen molar-refractivity contribution in [2.45, 2.75) is 0 Å². The number of hydrogen-bond acceptors (Lipinski definition) is 1. The highest BCUT2D eigenvalue weighted by molar-refractivity contribution is 5.25. The maximum atomic E-state index is 13.1. The van der Waals surface area contributed by atoms with Gasteiger partial charge in [-0.2, -0.15) is 4.73 Å². The van der Waals surface area contributed by atoms with E-state index in [1.54, 1.807) is 6.07 Å². The van der Waals surface area contributed by atoms with Gasteiger partial charge < -0.3 is 4.84 Å². The molecule has 0 aliphatic carbocycles. The molecule has 0 N–H and O–H groups in total. The van der Waals surface area contributed by atoms with Gasteiger partial charge in [0.2, 0.25) is 5.75 Å². The predicted molar refractivity (Wildman–Crippen MR) is 45.7 cm³/mol. The van der Waals surface area contributed by atoms with E-state index in [4.69, 9.17) is 4.84 Å². The molecule has 0 saturated carbocycles. The Bertz CT molecular complexity index is 405. The van der Waals surface area contributed by atoms with Gasteiger partial charge in [0.25, 0.3) is 0 Å². The van der Waals surface area contributed by atoms with Crippen LogP contribution in [0.2, 0.25) is 0 Å². The first-order valence-corrected chi connectivity index (χ1v) is 3.94. The number of hydrogen-bond donors (Lipinski definition) is 0. The standard InChI is InChI=1S/C10H6F2NO/c11-8-4-3-5-9(12)10(8)14-13-6-1-2-7-13/h1,3-7H. The predicted octanol–water partition coefficient (Wildman–Crippen LogP) is 2.41. The third-order valence-electron chi connectivity index (χ3n) is 1.64. The third kappa shape index (κ3) is 1.59. The van der Waals surface area contributed by atoms with Crippen LogP contribution < -0.4 is 4.84 Å². The summed E-state index contributed by atoms with van der Waals surface area (Å²) >= 11 is 0. The van der Waals surface area contributed by atoms with E-state index in [1.165, 1.54) is 23.2 Å². The van der Waals surface area contributed by atoms with E-state index in [-0.39, 0.29) is 0 Å². The zero-order chi connectivity index (χ0) is 9.97. The number of nitrogens with zero attached hydrogens (tertiary/aromatic N) is 1. The molecular weight excluding hydrogens is 188 g/mol. The zero-order valence-corrected chi connectivity index (χ0v) is 7.08. The highest BCUT2D eigenvalue weighted by Gasteiger charge is 2.10. The van der Waals surface area contributed by atoms with Crippen LogP contribution in [0.15, 0.2) is 36.7 Å². The Morgan fingerprint density at radius 2 is 1.93 bits per heavy atom. The highest BCUT2D eigenvalue weighted by atomic mass is 19.1. The summed E-state index contributed by atoms with van der Waals surface area (Å²) in [5, 5.41) is 0. The first kappa shape index (κ1) is 8.74. The Kier molecular flexibility index (Phi) is 2.18. The van der Waals surface area contributed by atoms with Gasteiger partial charge in [-0.25, -0.2) is 8.78 Å². The molecule has 0 spiro atoms. The fraction of sp³-hybridized carbons (Fsp3) is 0. The van der Waals surface area contributed by atoms with Gasteiger partial charge in [0.1, 0.15) is 0 Å². The summed E-state index contributed by atoms with van der Waals surface area (Å²) in [6.45, 7) is 0. The van der Waals surface area contributed by atoms with Gasteiger partial charge in [0.15, 0.2) is 11.6 Å². The second kappa shape index (κ2) is 3.49. The van der Waals surface area contributed by atoms with Crippen LogP contribution in [0.3, 0.4) is 0 Å². The summed E-state index contributed by atoms with van der Waals surface area (Å²) in [4.78, 5) is 4.92. The number of rotatable bonds is 2. The van der Waals surface area contributed by atoms with E-state index in [1.807, 2.05) is 0 Å². The number of halogens is 2. The fourth-order valence-corrected chi connectivity index (χ4v) is 1.01. The van der Waals surface area contributed by atoms with Crippen LogP contribution in [0, 0.1) is 17.7 Å². The summed E-state index contributed by atoms with van der Waals surface area (Å²) in [6.07, 6.45) is 2.91. The number of para-hydroxylation sites is 1. The maximum absolute atomic E-state index is 13.1. The van der Waals surface area contributed by atoms with Crippen molar-refractivity contribution in [1.29, 1.82) is 0 Å². The molecule has 1 heterocycles. The minimum absolute atomic E-state index is 0.419. The average Bonchev–Trinajstić information content (AvgIpc) is 2.64. The molecule has 1 aromatic carbocycles. The summed E-state index contributed by atoms with van der Waals surface area (Å²) in [5.41, 5.74) is 0. The van der Waals surface area contributed by atoms with Crippen molar-refractivity contribution in [2.75, 3.05) is 0 Å². The Balaban J connectivity index is 2.33. The lowest BCUT2D eigenvalue weighted by atomic mass is 10.3. The molecule has 0 atom stereocenters. The largest absolute Gasteiger partial charge is 0.370 e. The average molecular weight is 194 g/mol. The van der Waals surface area contributed by atoms with Crippen LogP contribution in [0.1, 0.15) is 0 Å². The summed E-state index contributed by atoms with van der Waals surface area (Å²) in [7, 11) is 0. The molecule has 14 heavy (non-hydrogen) atoms. The van der Waals surface area contributed by atoms with Crippen molar-refractivity contribution in [1.82, 2.24) is 4.73 Å². The summed E-state index contributed by atoms with van der Waals surface area (Å²) in [6, 6.07) is 7.79. The quantitative estimate of drug-likeness (QED) is 0.716. The topological polar surface area (TPSA) is 14.2 Å². The number of aromatic nitrogens is 1. The lowest BCUT2D eigenvalue weighted by molar-refractivity contribution is 0.195. The van der Waals surface area contributed by atoms with Crippen LogP contribution in [0.25, 0.3) is 0 Å². The van der Waals surface area contributed by atoms with Crippen LogP contribution in [-0.2, 0) is 0 Å². The van der Waals surface area contributed by atoms with Crippen LogP contribution in [-0.4, -0.2) is 4.73 Å². The van der Waals surface area contributed by atoms with E-state index in [0.717, 1.165) is 12.1 Å². The number of benzene rings is 1. The van der Waals surface area contributed by atoms with Crippen molar-refractivity contribution in [3.8, 4) is 5.75 Å². The lowest BCUT2D eigenvalue weighted by Crippen LogP contribution is -2.04. The minimum atomic E-state index is -0.737. The molecule has 0 unspecified atom stereocenters. The summed E-state index contributed by atoms with van der Waals surface area (Å²) < 4.78 is 27.3. The zero-order valence-electron chi connectivity index (χ0n) is 7.08. The SMILES string of the molecule is Fc1cccc(F)c1On1c[c]cc1. The van der Waals surface area contributed by atoms with Gasteiger partial charge in [-0.15, -0.1) is 0 Å². The molecule has 2 aromatic rings. The Morgan fingerprint density at radius 1 is 1.21 bits per heavy atom. The highest BCUT2D eigenvalue weighted by Crippen LogP contribution is 2.20. The molecule has 0 aliphatic rings. The molecule has 0 aliphatic heterocycles. The first-order valence-electron chi connectivity index (χ1n) is 3.94. The molecule has 71 valence electrons. The molecular formula is C10H6F2NO. The molecule has 1 aromatic heterocycles. The van der Waals surface area contributed by atoms with E-state index >= 15 is 0 Å². The molecule has 4 heteroatoms. The van der Waals surface area contributed by atoms with E-state index in [0.29, 0.717) is 0 Å². The Morgan fingerprint density at radius 3 is 2.50 bits per heavy atom. The van der Waals surface area contributed by atoms with Crippen molar-refractivity contribution in [2.24, 2.45) is 0 Å². The summed E-state index contributed by atoms with van der Waals surface area (Å²) in [5.74, 6) is -1.89. The molecule has 0 fully saturated rings. The lowest BCUT2D eigenvalue weighted by Gasteiger charge is -2.06. The maximum Gasteiger partial charge on any atom is 0.226 e. The van der Waals surface area contributed by atoms with Gasteiger partial charge >= 0.3 is 0 Å². The van der Waals surface area contributed by atoms with Crippen molar-refractivity contribution < 1.29 is 13.6 Å². The molecule has 0 amide bonds. The van der Waals surface area contributed by atoms with E-state index in [9.17, 15) is 8.78 Å². The molecule has 1 radical (unpaired) electrons. The van der Waals surface area contributed by atoms with Gasteiger partial charge in [-0.05, 0) is 18.2 Å². The first-order chi connectivity index (χ1) is 6.77. The monoisotopic (exact) mass is 194 g/mol. The van der Waals surface area contributed by atoms with Gasteiger partial charge in [-0.1, -0.05) is 6.07 Å². The van der Waals surface area contributed by atoms with Crippen molar-refractivity contribution in [3.63, 3.8) is 0 Å². The Hall–Kier alpha value is -1.84. The second-order valence-electron chi connectivity index (χ2n) is 2.61. The van der Waals surface area contributed by atoms with Crippen LogP contribution >= 0.6 is 0 Å². The molecule has 2 rings (SSSR count). The van der Waals surface area contributed by atoms with E-state index in [2.05, 4.69) is 6.07 Å². The normalized spacial score (nSPS) is 10.1. The smallest absolute Gasteiger partial charge is 0.226 e. The Labute approximate surface area is 79.3 Å². The van der Waals surface area contributed by atoms with Gasteiger partial charge in [-0.3, -0.25) is 0 Å². The van der Waals surface area contributed by atoms with Crippen molar-refractivity contribution in [3.05, 3.63) is 54.4 Å². The van der Waals surface area contributed by atoms with E-state index < -0.39 is 17.4 Å². The van der Waals surface area contributed by atoms with Crippen LogP contribution in [0.5, 0.6) is 5.75 Å². The van der Waals surface area contributed by atoms with Crippen LogP contribution in [0.4, 0.5) is 8.78 Å².